The second-order valence-electron chi connectivity index (χ2n) is 6.10. The van der Waals surface area contributed by atoms with Crippen LogP contribution in [-0.4, -0.2) is 29.8 Å². The van der Waals surface area contributed by atoms with Gasteiger partial charge in [0, 0.05) is 30.8 Å². The van der Waals surface area contributed by atoms with E-state index in [1.807, 2.05) is 23.1 Å². The molecule has 0 spiro atoms. The molecule has 1 fully saturated rings. The molecule has 0 saturated carbocycles. The topological polar surface area (TPSA) is 49.4 Å². The van der Waals surface area contributed by atoms with E-state index in [1.54, 1.807) is 6.07 Å². The first-order chi connectivity index (χ1) is 10.7. The molecule has 22 heavy (non-hydrogen) atoms. The van der Waals surface area contributed by atoms with Crippen molar-refractivity contribution in [3.8, 4) is 0 Å². The second kappa shape index (κ2) is 6.77. The third kappa shape index (κ3) is 3.56. The number of nitrogens with one attached hydrogen (secondary N) is 1. The smallest absolute Gasteiger partial charge is 0.253 e. The number of anilines is 1. The molecule has 1 aliphatic carbocycles. The summed E-state index contributed by atoms with van der Waals surface area (Å²) in [5, 5.41) is 2.91. The van der Waals surface area contributed by atoms with Crippen molar-refractivity contribution in [1.82, 2.24) is 4.90 Å². The molecule has 116 valence electrons. The van der Waals surface area contributed by atoms with Crippen molar-refractivity contribution in [2.24, 2.45) is 5.92 Å². The first-order valence-electron chi connectivity index (χ1n) is 8.08. The Balaban J connectivity index is 1.61. The van der Waals surface area contributed by atoms with Crippen molar-refractivity contribution in [3.05, 3.63) is 42.0 Å². The summed E-state index contributed by atoms with van der Waals surface area (Å²) in [6, 6.07) is 7.26. The molecule has 1 aromatic rings. The van der Waals surface area contributed by atoms with E-state index in [1.165, 1.54) is 0 Å². The van der Waals surface area contributed by atoms with Gasteiger partial charge in [0.15, 0.2) is 0 Å². The molecule has 4 heteroatoms. The van der Waals surface area contributed by atoms with Crippen LogP contribution in [0.4, 0.5) is 5.69 Å². The van der Waals surface area contributed by atoms with Gasteiger partial charge in [-0.05, 0) is 49.8 Å². The van der Waals surface area contributed by atoms with Gasteiger partial charge in [0.1, 0.15) is 0 Å². The molecule has 1 saturated heterocycles. The summed E-state index contributed by atoms with van der Waals surface area (Å²) in [5.41, 5.74) is 1.36. The molecule has 2 aliphatic rings. The number of amides is 2. The average molecular weight is 298 g/mol. The van der Waals surface area contributed by atoms with Crippen LogP contribution < -0.4 is 5.32 Å². The molecule has 1 aromatic carbocycles. The number of rotatable bonds is 4. The van der Waals surface area contributed by atoms with Gasteiger partial charge < -0.3 is 10.2 Å². The predicted molar refractivity (Wildman–Crippen MR) is 86.7 cm³/mol. The number of hydrogen-bond acceptors (Lipinski definition) is 2. The van der Waals surface area contributed by atoms with Gasteiger partial charge in [0.05, 0.1) is 0 Å². The fraction of sp³-hybridized carbons (Fsp3) is 0.444. The Hall–Kier alpha value is -2.10. The summed E-state index contributed by atoms with van der Waals surface area (Å²) in [6.07, 6.45) is 9.05. The van der Waals surface area contributed by atoms with Crippen LogP contribution in [0.25, 0.3) is 0 Å². The van der Waals surface area contributed by atoms with Crippen LogP contribution in [0.15, 0.2) is 36.4 Å². The number of hydrogen-bond donors (Lipinski definition) is 1. The molecule has 0 radical (unpaired) electrons. The lowest BCUT2D eigenvalue weighted by molar-refractivity contribution is -0.116. The van der Waals surface area contributed by atoms with Gasteiger partial charge in [-0.3, -0.25) is 9.59 Å². The van der Waals surface area contributed by atoms with Crippen molar-refractivity contribution in [3.63, 3.8) is 0 Å². The largest absolute Gasteiger partial charge is 0.339 e. The molecule has 3 rings (SSSR count). The molecule has 1 aliphatic heterocycles. The lowest BCUT2D eigenvalue weighted by atomic mass is 10.0. The molecule has 4 nitrogen and oxygen atoms in total. The van der Waals surface area contributed by atoms with E-state index in [0.717, 1.165) is 38.8 Å². The zero-order valence-electron chi connectivity index (χ0n) is 12.8. The Morgan fingerprint density at radius 3 is 2.77 bits per heavy atom. The van der Waals surface area contributed by atoms with Gasteiger partial charge in [-0.2, -0.15) is 0 Å². The monoisotopic (exact) mass is 298 g/mol. The molecular formula is C18H22N2O2. The molecule has 1 N–H and O–H groups in total. The van der Waals surface area contributed by atoms with Crippen LogP contribution >= 0.6 is 0 Å². The van der Waals surface area contributed by atoms with Crippen molar-refractivity contribution >= 4 is 17.5 Å². The fourth-order valence-corrected chi connectivity index (χ4v) is 3.15. The van der Waals surface area contributed by atoms with Crippen LogP contribution in [0.1, 0.15) is 42.5 Å². The maximum Gasteiger partial charge on any atom is 0.253 e. The summed E-state index contributed by atoms with van der Waals surface area (Å²) < 4.78 is 0. The lowest BCUT2D eigenvalue weighted by Crippen LogP contribution is -2.27. The Labute approximate surface area is 131 Å². The van der Waals surface area contributed by atoms with E-state index >= 15 is 0 Å². The summed E-state index contributed by atoms with van der Waals surface area (Å²) in [5.74, 6) is 0.434. The Morgan fingerprint density at radius 1 is 1.23 bits per heavy atom. The first kappa shape index (κ1) is 14.8. The Morgan fingerprint density at radius 2 is 2.05 bits per heavy atom. The third-order valence-electron chi connectivity index (χ3n) is 4.35. The van der Waals surface area contributed by atoms with Gasteiger partial charge in [0.25, 0.3) is 5.91 Å². The maximum atomic E-state index is 12.4. The Bertz CT molecular complexity index is 589. The van der Waals surface area contributed by atoms with E-state index in [4.69, 9.17) is 0 Å². The zero-order valence-corrected chi connectivity index (χ0v) is 12.8. The molecule has 0 aromatic heterocycles. The minimum absolute atomic E-state index is 0.0160. The van der Waals surface area contributed by atoms with Crippen LogP contribution in [0.3, 0.4) is 0 Å². The van der Waals surface area contributed by atoms with Gasteiger partial charge in [0.2, 0.25) is 5.91 Å². The summed E-state index contributed by atoms with van der Waals surface area (Å²) in [4.78, 5) is 26.3. The van der Waals surface area contributed by atoms with Crippen LogP contribution in [0.5, 0.6) is 0 Å². The SMILES string of the molecule is O=C(C[C@H]1C=CCC1)Nc1cccc(C(=O)N2CCCC2)c1. The minimum atomic E-state index is 0.0160. The van der Waals surface area contributed by atoms with E-state index in [9.17, 15) is 9.59 Å². The highest BCUT2D eigenvalue weighted by Gasteiger charge is 2.20. The highest BCUT2D eigenvalue weighted by molar-refractivity contribution is 5.97. The Kier molecular flexibility index (Phi) is 4.56. The average Bonchev–Trinajstić information content (AvgIpc) is 3.19. The number of carbonyl (C=O) groups excluding carboxylic acids is 2. The second-order valence-corrected chi connectivity index (χ2v) is 6.10. The van der Waals surface area contributed by atoms with Gasteiger partial charge >= 0.3 is 0 Å². The predicted octanol–water partition coefficient (Wildman–Crippen LogP) is 3.22. The van der Waals surface area contributed by atoms with Gasteiger partial charge in [-0.1, -0.05) is 18.2 Å². The number of benzene rings is 1. The zero-order chi connectivity index (χ0) is 15.4. The van der Waals surface area contributed by atoms with Crippen molar-refractivity contribution in [2.75, 3.05) is 18.4 Å². The van der Waals surface area contributed by atoms with E-state index in [0.29, 0.717) is 23.6 Å². The normalized spacial score (nSPS) is 20.4. The van der Waals surface area contributed by atoms with Crippen molar-refractivity contribution in [2.45, 2.75) is 32.1 Å². The number of nitrogens with zero attached hydrogens (tertiary/aromatic N) is 1. The molecule has 1 heterocycles. The van der Waals surface area contributed by atoms with E-state index in [-0.39, 0.29) is 11.8 Å². The number of likely N-dealkylation sites (tertiary alicyclic amines) is 1. The summed E-state index contributed by atoms with van der Waals surface area (Å²) >= 11 is 0. The first-order valence-corrected chi connectivity index (χ1v) is 8.08. The maximum absolute atomic E-state index is 12.4. The summed E-state index contributed by atoms with van der Waals surface area (Å²) in [6.45, 7) is 1.67. The van der Waals surface area contributed by atoms with E-state index < -0.39 is 0 Å². The highest BCUT2D eigenvalue weighted by Crippen LogP contribution is 2.21. The van der Waals surface area contributed by atoms with Crippen molar-refractivity contribution in [1.29, 1.82) is 0 Å². The standard InChI is InChI=1S/C18H22N2O2/c21-17(12-14-6-1-2-7-14)19-16-9-5-8-15(13-16)18(22)20-10-3-4-11-20/h1,5-6,8-9,13-14H,2-4,7,10-12H2,(H,19,21)/t14-/m0/s1. The third-order valence-corrected chi connectivity index (χ3v) is 4.35. The van der Waals surface area contributed by atoms with Crippen LogP contribution in [0, 0.1) is 5.92 Å². The molecular weight excluding hydrogens is 276 g/mol. The quantitative estimate of drug-likeness (QED) is 0.868. The molecule has 2 amide bonds. The molecule has 1 atom stereocenters. The fourth-order valence-electron chi connectivity index (χ4n) is 3.15. The van der Waals surface area contributed by atoms with Gasteiger partial charge in [-0.15, -0.1) is 0 Å². The number of carbonyl (C=O) groups is 2. The number of allylic oxidation sites excluding steroid dienone is 2. The lowest BCUT2D eigenvalue weighted by Gasteiger charge is -2.16. The molecule has 0 bridgehead atoms. The van der Waals surface area contributed by atoms with Crippen LogP contribution in [0.2, 0.25) is 0 Å². The van der Waals surface area contributed by atoms with Crippen molar-refractivity contribution < 1.29 is 9.59 Å². The summed E-state index contributed by atoms with van der Waals surface area (Å²) in [7, 11) is 0. The van der Waals surface area contributed by atoms with E-state index in [2.05, 4.69) is 17.5 Å². The minimum Gasteiger partial charge on any atom is -0.339 e. The van der Waals surface area contributed by atoms with Gasteiger partial charge in [-0.25, -0.2) is 0 Å². The highest BCUT2D eigenvalue weighted by atomic mass is 16.2. The molecule has 0 unspecified atom stereocenters. The van der Waals surface area contributed by atoms with Crippen LogP contribution in [-0.2, 0) is 4.79 Å².